The van der Waals surface area contributed by atoms with Gasteiger partial charge in [0, 0.05) is 50.9 Å². The first-order valence-corrected chi connectivity index (χ1v) is 11.3. The van der Waals surface area contributed by atoms with E-state index in [0.29, 0.717) is 32.5 Å². The summed E-state index contributed by atoms with van der Waals surface area (Å²) in [5.41, 5.74) is 5.24. The smallest absolute Gasteiger partial charge is 0.314 e. The van der Waals surface area contributed by atoms with Gasteiger partial charge in [-0.05, 0) is 48.9 Å². The zero-order valence-corrected chi connectivity index (χ0v) is 18.3. The first-order chi connectivity index (χ1) is 15.1. The van der Waals surface area contributed by atoms with Crippen molar-refractivity contribution in [1.29, 1.82) is 0 Å². The maximum Gasteiger partial charge on any atom is 0.314 e. The van der Waals surface area contributed by atoms with Gasteiger partial charge in [-0.25, -0.2) is 4.79 Å². The minimum atomic E-state index is -0.168. The maximum atomic E-state index is 12.5. The average Bonchev–Trinajstić information content (AvgIpc) is 3.24. The molecule has 0 radical (unpaired) electrons. The lowest BCUT2D eigenvalue weighted by Crippen LogP contribution is -2.45. The molecule has 2 aliphatic rings. The van der Waals surface area contributed by atoms with Crippen molar-refractivity contribution in [2.45, 2.75) is 45.2 Å². The molecule has 0 fully saturated rings. The van der Waals surface area contributed by atoms with Crippen molar-refractivity contribution >= 4 is 17.6 Å². The Hall–Kier alpha value is -3.02. The molecule has 2 aromatic carbocycles. The molecule has 2 aliphatic heterocycles. The van der Waals surface area contributed by atoms with Crippen molar-refractivity contribution in [3.63, 3.8) is 0 Å². The molecule has 164 valence electrons. The molecular weight excluding hydrogens is 388 g/mol. The zero-order chi connectivity index (χ0) is 21.6. The van der Waals surface area contributed by atoms with Gasteiger partial charge >= 0.3 is 6.03 Å². The van der Waals surface area contributed by atoms with E-state index < -0.39 is 0 Å². The number of hydrogen-bond donors (Lipinski definition) is 2. The fourth-order valence-corrected chi connectivity index (χ4v) is 4.54. The first-order valence-electron chi connectivity index (χ1n) is 11.3. The van der Waals surface area contributed by atoms with E-state index in [9.17, 15) is 9.59 Å². The summed E-state index contributed by atoms with van der Waals surface area (Å²) in [6, 6.07) is 16.9. The highest BCUT2D eigenvalue weighted by atomic mass is 16.2. The normalized spacial score (nSPS) is 15.8. The number of fused-ring (bicyclic) bond motifs is 2. The molecule has 0 spiro atoms. The Morgan fingerprint density at radius 1 is 0.935 bits per heavy atom. The van der Waals surface area contributed by atoms with Crippen molar-refractivity contribution in [3.05, 3.63) is 65.2 Å². The fourth-order valence-electron chi connectivity index (χ4n) is 4.54. The van der Waals surface area contributed by atoms with Crippen LogP contribution in [0.1, 0.15) is 36.5 Å². The Labute approximate surface area is 184 Å². The second-order valence-corrected chi connectivity index (χ2v) is 8.50. The largest absolute Gasteiger partial charge is 0.366 e. The van der Waals surface area contributed by atoms with E-state index in [1.807, 2.05) is 11.0 Å². The molecule has 0 aliphatic carbocycles. The molecule has 1 atom stereocenters. The summed E-state index contributed by atoms with van der Waals surface area (Å²) < 4.78 is 0. The lowest BCUT2D eigenvalue weighted by atomic mass is 9.99. The summed E-state index contributed by atoms with van der Waals surface area (Å²) in [4.78, 5) is 28.9. The molecule has 1 unspecified atom stereocenters. The number of amides is 3. The third-order valence-electron chi connectivity index (χ3n) is 6.35. The number of anilines is 1. The van der Waals surface area contributed by atoms with Crippen LogP contribution in [0.15, 0.2) is 48.5 Å². The molecular formula is C25H32N4O2. The summed E-state index contributed by atoms with van der Waals surface area (Å²) >= 11 is 0. The fraction of sp³-hybridized carbons (Fsp3) is 0.440. The number of carbonyl (C=O) groups excluding carboxylic acids is 2. The van der Waals surface area contributed by atoms with Crippen molar-refractivity contribution in [2.75, 3.05) is 31.1 Å². The van der Waals surface area contributed by atoms with Crippen molar-refractivity contribution in [3.8, 4) is 0 Å². The van der Waals surface area contributed by atoms with E-state index in [1.165, 1.54) is 22.4 Å². The predicted molar refractivity (Wildman–Crippen MR) is 123 cm³/mol. The monoisotopic (exact) mass is 420 g/mol. The van der Waals surface area contributed by atoms with Crippen LogP contribution in [-0.4, -0.2) is 49.1 Å². The molecule has 0 aromatic heterocycles. The van der Waals surface area contributed by atoms with Crippen LogP contribution in [0, 0.1) is 0 Å². The van der Waals surface area contributed by atoms with Crippen LogP contribution in [-0.2, 0) is 24.2 Å². The summed E-state index contributed by atoms with van der Waals surface area (Å²) in [7, 11) is 0. The third-order valence-corrected chi connectivity index (χ3v) is 6.35. The quantitative estimate of drug-likeness (QED) is 0.677. The van der Waals surface area contributed by atoms with E-state index in [1.54, 1.807) is 0 Å². The summed E-state index contributed by atoms with van der Waals surface area (Å²) in [6.07, 6.45) is 3.09. The van der Waals surface area contributed by atoms with Crippen molar-refractivity contribution in [2.24, 2.45) is 0 Å². The number of rotatable bonds is 7. The maximum absolute atomic E-state index is 12.5. The molecule has 3 amide bonds. The second kappa shape index (κ2) is 9.86. The predicted octanol–water partition coefficient (Wildman–Crippen LogP) is 3.10. The zero-order valence-electron chi connectivity index (χ0n) is 18.3. The van der Waals surface area contributed by atoms with Gasteiger partial charge in [-0.3, -0.25) is 4.79 Å². The van der Waals surface area contributed by atoms with E-state index in [0.717, 1.165) is 25.9 Å². The van der Waals surface area contributed by atoms with Gasteiger partial charge in [-0.15, -0.1) is 0 Å². The summed E-state index contributed by atoms with van der Waals surface area (Å²) in [6.45, 7) is 5.70. The topological polar surface area (TPSA) is 64.7 Å². The minimum absolute atomic E-state index is 0.165. The molecule has 0 saturated heterocycles. The Bertz CT molecular complexity index is 929. The standard InChI is InChI=1S/C25H32N4O2/c1-19(29-16-13-21-8-4-5-10-23(21)29)17-27-25(31)26-14-6-11-24(30)28-15-12-20-7-2-3-9-22(20)18-28/h2-5,7-10,19H,6,11-18H2,1H3,(H2,26,27,31). The third kappa shape index (κ3) is 5.19. The SMILES string of the molecule is CC(CNC(=O)NCCCC(=O)N1CCc2ccccc2C1)N1CCc2ccccc21. The molecule has 0 bridgehead atoms. The van der Waals surface area contributed by atoms with Gasteiger partial charge in [0.15, 0.2) is 0 Å². The van der Waals surface area contributed by atoms with E-state index in [-0.39, 0.29) is 18.0 Å². The van der Waals surface area contributed by atoms with Crippen LogP contribution in [0.4, 0.5) is 10.5 Å². The van der Waals surface area contributed by atoms with Crippen LogP contribution in [0.5, 0.6) is 0 Å². The van der Waals surface area contributed by atoms with E-state index in [4.69, 9.17) is 0 Å². The Kier molecular flexibility index (Phi) is 6.75. The van der Waals surface area contributed by atoms with Gasteiger partial charge in [0.25, 0.3) is 0 Å². The molecule has 31 heavy (non-hydrogen) atoms. The number of benzene rings is 2. The Morgan fingerprint density at radius 2 is 1.65 bits per heavy atom. The van der Waals surface area contributed by atoms with Crippen LogP contribution < -0.4 is 15.5 Å². The molecule has 4 rings (SSSR count). The van der Waals surface area contributed by atoms with Crippen LogP contribution in [0.25, 0.3) is 0 Å². The molecule has 6 heteroatoms. The molecule has 2 heterocycles. The van der Waals surface area contributed by atoms with Gasteiger partial charge in [-0.2, -0.15) is 0 Å². The number of para-hydroxylation sites is 1. The van der Waals surface area contributed by atoms with Crippen LogP contribution >= 0.6 is 0 Å². The highest BCUT2D eigenvalue weighted by Crippen LogP contribution is 2.28. The number of nitrogens with one attached hydrogen (secondary N) is 2. The number of carbonyl (C=O) groups is 2. The van der Waals surface area contributed by atoms with E-state index >= 15 is 0 Å². The number of nitrogens with zero attached hydrogens (tertiary/aromatic N) is 2. The number of urea groups is 1. The lowest BCUT2D eigenvalue weighted by molar-refractivity contribution is -0.132. The summed E-state index contributed by atoms with van der Waals surface area (Å²) in [5, 5.41) is 5.85. The second-order valence-electron chi connectivity index (χ2n) is 8.50. The first kappa shape index (κ1) is 21.2. The highest BCUT2D eigenvalue weighted by Gasteiger charge is 2.23. The van der Waals surface area contributed by atoms with Gasteiger partial charge in [0.2, 0.25) is 5.91 Å². The Morgan fingerprint density at radius 3 is 2.48 bits per heavy atom. The molecule has 6 nitrogen and oxygen atoms in total. The average molecular weight is 421 g/mol. The van der Waals surface area contributed by atoms with Gasteiger partial charge in [0.05, 0.1) is 0 Å². The minimum Gasteiger partial charge on any atom is -0.366 e. The molecule has 2 N–H and O–H groups in total. The van der Waals surface area contributed by atoms with Crippen LogP contribution in [0.3, 0.4) is 0 Å². The highest BCUT2D eigenvalue weighted by molar-refractivity contribution is 5.77. The molecule has 2 aromatic rings. The van der Waals surface area contributed by atoms with Gasteiger partial charge in [0.1, 0.15) is 0 Å². The Balaban J connectivity index is 1.12. The van der Waals surface area contributed by atoms with Crippen molar-refractivity contribution in [1.82, 2.24) is 15.5 Å². The number of hydrogen-bond acceptors (Lipinski definition) is 3. The van der Waals surface area contributed by atoms with Crippen molar-refractivity contribution < 1.29 is 9.59 Å². The molecule has 0 saturated carbocycles. The summed E-state index contributed by atoms with van der Waals surface area (Å²) in [5.74, 6) is 0.165. The van der Waals surface area contributed by atoms with Gasteiger partial charge < -0.3 is 20.4 Å². The van der Waals surface area contributed by atoms with Crippen LogP contribution in [0.2, 0.25) is 0 Å². The van der Waals surface area contributed by atoms with Gasteiger partial charge in [-0.1, -0.05) is 42.5 Å². The lowest BCUT2D eigenvalue weighted by Gasteiger charge is -2.29. The van der Waals surface area contributed by atoms with E-state index in [2.05, 4.69) is 64.9 Å².